The van der Waals surface area contributed by atoms with Gasteiger partial charge in [0.05, 0.1) is 18.7 Å². The molecule has 3 rings (SSSR count). The van der Waals surface area contributed by atoms with Gasteiger partial charge in [-0.15, -0.1) is 11.3 Å². The number of ether oxygens (including phenoxy) is 1. The fourth-order valence-corrected chi connectivity index (χ4v) is 3.19. The second-order valence-electron chi connectivity index (χ2n) is 5.55. The third kappa shape index (κ3) is 3.30. The predicted octanol–water partition coefficient (Wildman–Crippen LogP) is 3.97. The number of thiophene rings is 1. The van der Waals surface area contributed by atoms with Gasteiger partial charge in [0, 0.05) is 4.88 Å². The van der Waals surface area contributed by atoms with Crippen LogP contribution in [-0.2, 0) is 0 Å². The Morgan fingerprint density at radius 2 is 2.12 bits per heavy atom. The second kappa shape index (κ2) is 6.84. The van der Waals surface area contributed by atoms with Gasteiger partial charge >= 0.3 is 0 Å². The van der Waals surface area contributed by atoms with E-state index in [1.54, 1.807) is 35.8 Å². The molecule has 0 radical (unpaired) electrons. The zero-order valence-corrected chi connectivity index (χ0v) is 14.5. The van der Waals surface area contributed by atoms with Crippen molar-refractivity contribution in [3.05, 3.63) is 41.0 Å². The van der Waals surface area contributed by atoms with Crippen LogP contribution in [0.3, 0.4) is 0 Å². The smallest absolute Gasteiger partial charge is 0.161 e. The normalized spacial score (nSPS) is 11.5. The Morgan fingerprint density at radius 1 is 1.29 bits per heavy atom. The van der Waals surface area contributed by atoms with Crippen LogP contribution in [0.5, 0.6) is 11.5 Å². The van der Waals surface area contributed by atoms with Crippen molar-refractivity contribution in [2.45, 2.75) is 19.8 Å². The highest BCUT2D eigenvalue weighted by molar-refractivity contribution is 7.18. The van der Waals surface area contributed by atoms with Gasteiger partial charge in [0.15, 0.2) is 17.3 Å². The highest BCUT2D eigenvalue weighted by Gasteiger charge is 2.10. The summed E-state index contributed by atoms with van der Waals surface area (Å²) in [7, 11) is 1.51. The van der Waals surface area contributed by atoms with E-state index in [1.807, 2.05) is 0 Å². The van der Waals surface area contributed by atoms with Crippen molar-refractivity contribution in [3.63, 3.8) is 0 Å². The van der Waals surface area contributed by atoms with Gasteiger partial charge < -0.3 is 9.84 Å². The summed E-state index contributed by atoms with van der Waals surface area (Å²) in [4.78, 5) is 10.8. The van der Waals surface area contributed by atoms with E-state index in [2.05, 4.69) is 40.4 Å². The minimum atomic E-state index is 0.0969. The van der Waals surface area contributed by atoms with Crippen molar-refractivity contribution in [3.8, 4) is 11.5 Å². The Kier molecular flexibility index (Phi) is 4.61. The fourth-order valence-electron chi connectivity index (χ4n) is 2.19. The molecule has 0 fully saturated rings. The van der Waals surface area contributed by atoms with Crippen molar-refractivity contribution in [2.24, 2.45) is 5.10 Å². The maximum Gasteiger partial charge on any atom is 0.161 e. The molecular weight excluding hydrogens is 324 g/mol. The molecule has 0 bridgehead atoms. The highest BCUT2D eigenvalue weighted by Crippen LogP contribution is 2.32. The van der Waals surface area contributed by atoms with Crippen LogP contribution in [0.4, 0.5) is 5.82 Å². The number of hydrogen-bond acceptors (Lipinski definition) is 7. The maximum atomic E-state index is 9.60. The third-order valence-corrected chi connectivity index (χ3v) is 4.85. The molecule has 2 heterocycles. The molecule has 24 heavy (non-hydrogen) atoms. The first kappa shape index (κ1) is 16.2. The van der Waals surface area contributed by atoms with Crippen molar-refractivity contribution in [1.29, 1.82) is 0 Å². The molecule has 0 aliphatic heterocycles. The summed E-state index contributed by atoms with van der Waals surface area (Å²) < 4.78 is 5.08. The molecule has 0 aliphatic rings. The Balaban J connectivity index is 1.82. The quantitative estimate of drug-likeness (QED) is 0.542. The van der Waals surface area contributed by atoms with Crippen molar-refractivity contribution < 1.29 is 9.84 Å². The summed E-state index contributed by atoms with van der Waals surface area (Å²) in [5.74, 6) is 1.62. The van der Waals surface area contributed by atoms with Crippen LogP contribution in [0.15, 0.2) is 35.7 Å². The molecule has 0 atom stereocenters. The number of hydrogen-bond donors (Lipinski definition) is 2. The van der Waals surface area contributed by atoms with E-state index in [0.717, 1.165) is 15.8 Å². The lowest BCUT2D eigenvalue weighted by Crippen LogP contribution is -1.95. The van der Waals surface area contributed by atoms with E-state index in [-0.39, 0.29) is 5.75 Å². The largest absolute Gasteiger partial charge is 0.504 e. The lowest BCUT2D eigenvalue weighted by molar-refractivity contribution is 0.373. The number of hydrazone groups is 1. The third-order valence-electron chi connectivity index (χ3n) is 3.51. The van der Waals surface area contributed by atoms with Gasteiger partial charge in [-0.2, -0.15) is 5.10 Å². The van der Waals surface area contributed by atoms with Gasteiger partial charge in [-0.05, 0) is 35.7 Å². The van der Waals surface area contributed by atoms with Crippen LogP contribution in [0.2, 0.25) is 0 Å². The van der Waals surface area contributed by atoms with Crippen LogP contribution in [-0.4, -0.2) is 28.4 Å². The number of fused-ring (bicyclic) bond motifs is 1. The molecule has 0 saturated carbocycles. The number of rotatable bonds is 5. The molecule has 0 saturated heterocycles. The number of aromatic nitrogens is 2. The van der Waals surface area contributed by atoms with Gasteiger partial charge in [0.2, 0.25) is 0 Å². The maximum absolute atomic E-state index is 9.60. The van der Waals surface area contributed by atoms with E-state index >= 15 is 0 Å². The number of phenols is 1. The molecule has 2 aromatic heterocycles. The Labute approximate surface area is 143 Å². The first-order valence-electron chi connectivity index (χ1n) is 7.49. The zero-order chi connectivity index (χ0) is 17.1. The van der Waals surface area contributed by atoms with Crippen LogP contribution < -0.4 is 10.2 Å². The fraction of sp³-hybridized carbons (Fsp3) is 0.235. The highest BCUT2D eigenvalue weighted by atomic mass is 32.1. The van der Waals surface area contributed by atoms with E-state index in [4.69, 9.17) is 4.74 Å². The van der Waals surface area contributed by atoms with E-state index in [9.17, 15) is 5.11 Å². The van der Waals surface area contributed by atoms with Crippen LogP contribution >= 0.6 is 11.3 Å². The number of anilines is 1. The molecule has 0 amide bonds. The molecular formula is C17H18N4O2S. The van der Waals surface area contributed by atoms with Gasteiger partial charge in [0.25, 0.3) is 0 Å². The first-order valence-corrected chi connectivity index (χ1v) is 8.30. The molecule has 6 nitrogen and oxygen atoms in total. The molecule has 3 aromatic rings. The Morgan fingerprint density at radius 3 is 2.88 bits per heavy atom. The molecule has 0 aliphatic carbocycles. The van der Waals surface area contributed by atoms with Gasteiger partial charge in [0.1, 0.15) is 11.2 Å². The number of methoxy groups -OCH3 is 1. The molecule has 7 heteroatoms. The minimum absolute atomic E-state index is 0.0969. The van der Waals surface area contributed by atoms with Gasteiger partial charge in [-0.1, -0.05) is 13.8 Å². The lowest BCUT2D eigenvalue weighted by atomic mass is 10.2. The Bertz CT molecular complexity index is 889. The van der Waals surface area contributed by atoms with Crippen molar-refractivity contribution in [1.82, 2.24) is 9.97 Å². The van der Waals surface area contributed by atoms with E-state index < -0.39 is 0 Å². The van der Waals surface area contributed by atoms with Crippen molar-refractivity contribution in [2.75, 3.05) is 12.5 Å². The number of nitrogens with one attached hydrogen (secondary N) is 1. The summed E-state index contributed by atoms with van der Waals surface area (Å²) in [5.41, 5.74) is 3.76. The lowest BCUT2D eigenvalue weighted by Gasteiger charge is -2.04. The predicted molar refractivity (Wildman–Crippen MR) is 97.4 cm³/mol. The van der Waals surface area contributed by atoms with E-state index in [1.165, 1.54) is 18.3 Å². The van der Waals surface area contributed by atoms with Crippen LogP contribution in [0, 0.1) is 0 Å². The molecule has 2 N–H and O–H groups in total. The van der Waals surface area contributed by atoms with E-state index in [0.29, 0.717) is 17.5 Å². The summed E-state index contributed by atoms with van der Waals surface area (Å²) >= 11 is 1.67. The summed E-state index contributed by atoms with van der Waals surface area (Å²) in [6.45, 7) is 4.31. The number of benzene rings is 1. The number of nitrogens with zero attached hydrogens (tertiary/aromatic N) is 3. The van der Waals surface area contributed by atoms with Crippen LogP contribution in [0.25, 0.3) is 10.2 Å². The SMILES string of the molecule is COc1cc(C=NNc2ncnc3sc(C(C)C)cc23)ccc1O. The molecule has 0 unspecified atom stereocenters. The summed E-state index contributed by atoms with van der Waals surface area (Å²) in [6, 6.07) is 7.13. The molecule has 1 aromatic carbocycles. The molecule has 0 spiro atoms. The Hall–Kier alpha value is -2.67. The van der Waals surface area contributed by atoms with Crippen LogP contribution in [0.1, 0.15) is 30.2 Å². The standard InChI is InChI=1S/C17H18N4O2S/c1-10(2)15-7-12-16(18-9-19-17(12)24-15)21-20-8-11-4-5-13(22)14(6-11)23-3/h4-10,22H,1-3H3,(H,18,19,21). The topological polar surface area (TPSA) is 79.6 Å². The average Bonchev–Trinajstić information content (AvgIpc) is 3.02. The molecule has 124 valence electrons. The summed E-state index contributed by atoms with van der Waals surface area (Å²) in [5, 5.41) is 14.8. The van der Waals surface area contributed by atoms with Crippen molar-refractivity contribution >= 4 is 33.6 Å². The monoisotopic (exact) mass is 342 g/mol. The number of phenolic OH excluding ortho intramolecular Hbond substituents is 1. The minimum Gasteiger partial charge on any atom is -0.504 e. The zero-order valence-electron chi connectivity index (χ0n) is 13.6. The van der Waals surface area contributed by atoms with Gasteiger partial charge in [-0.3, -0.25) is 5.43 Å². The average molecular weight is 342 g/mol. The first-order chi connectivity index (χ1) is 11.6. The number of aromatic hydroxyl groups is 1. The second-order valence-corrected chi connectivity index (χ2v) is 6.61. The van der Waals surface area contributed by atoms with Gasteiger partial charge in [-0.25, -0.2) is 9.97 Å². The summed E-state index contributed by atoms with van der Waals surface area (Å²) in [6.07, 6.45) is 3.18.